The van der Waals surface area contributed by atoms with Crippen molar-refractivity contribution in [2.24, 2.45) is 0 Å². The summed E-state index contributed by atoms with van der Waals surface area (Å²) in [5.74, 6) is -2.37. The maximum Gasteiger partial charge on any atom is 0.408 e. The van der Waals surface area contributed by atoms with E-state index in [-0.39, 0.29) is 19.6 Å². The van der Waals surface area contributed by atoms with Gasteiger partial charge in [0.2, 0.25) is 0 Å². The van der Waals surface area contributed by atoms with Crippen molar-refractivity contribution in [2.45, 2.75) is 89.0 Å². The molecule has 10 heteroatoms. The number of alkyl carbamates (subject to hydrolysis) is 1. The van der Waals surface area contributed by atoms with Gasteiger partial charge in [0.1, 0.15) is 24.9 Å². The molecule has 2 aromatic rings. The molecule has 0 saturated carbocycles. The van der Waals surface area contributed by atoms with Gasteiger partial charge in [-0.1, -0.05) is 60.7 Å². The average molecular weight is 542 g/mol. The maximum atomic E-state index is 13.6. The Bertz CT molecular complexity index is 1140. The summed E-state index contributed by atoms with van der Waals surface area (Å²) in [6.45, 7) is 7.47. The van der Waals surface area contributed by atoms with Crippen molar-refractivity contribution < 1.29 is 42.7 Å². The molecule has 1 amide bonds. The van der Waals surface area contributed by atoms with Crippen LogP contribution in [0, 0.1) is 0 Å². The molecule has 0 radical (unpaired) electrons. The molecule has 0 aromatic heterocycles. The first-order chi connectivity index (χ1) is 18.6. The van der Waals surface area contributed by atoms with Crippen LogP contribution >= 0.6 is 0 Å². The minimum Gasteiger partial charge on any atom is -0.455 e. The summed E-state index contributed by atoms with van der Waals surface area (Å²) in [7, 11) is 0. The number of hydrogen-bond donors (Lipinski definition) is 1. The maximum absolute atomic E-state index is 13.6. The highest BCUT2D eigenvalue weighted by molar-refractivity contribution is 5.82. The van der Waals surface area contributed by atoms with Crippen molar-refractivity contribution in [3.05, 3.63) is 71.8 Å². The number of hydrogen-bond acceptors (Lipinski definition) is 9. The van der Waals surface area contributed by atoms with Crippen molar-refractivity contribution in [1.82, 2.24) is 5.32 Å². The summed E-state index contributed by atoms with van der Waals surface area (Å²) in [6.07, 6.45) is -4.00. The Morgan fingerprint density at radius 1 is 0.897 bits per heavy atom. The smallest absolute Gasteiger partial charge is 0.408 e. The average Bonchev–Trinajstić information content (AvgIpc) is 3.52. The number of nitrogens with one attached hydrogen (secondary N) is 1. The number of carbonyl (C=O) groups is 2. The summed E-state index contributed by atoms with van der Waals surface area (Å²) in [4.78, 5) is 26.4. The number of fused-ring (bicyclic) bond motifs is 1. The van der Waals surface area contributed by atoms with Crippen molar-refractivity contribution in [3.63, 3.8) is 0 Å². The van der Waals surface area contributed by atoms with E-state index in [9.17, 15) is 9.59 Å². The molecule has 3 fully saturated rings. The van der Waals surface area contributed by atoms with Crippen LogP contribution in [-0.4, -0.2) is 67.0 Å². The molecule has 39 heavy (non-hydrogen) atoms. The molecule has 5 rings (SSSR count). The Hall–Kier alpha value is -3.02. The van der Waals surface area contributed by atoms with E-state index in [2.05, 4.69) is 5.32 Å². The fraction of sp³-hybridized carbons (Fsp3) is 0.517. The zero-order chi connectivity index (χ0) is 27.6. The van der Waals surface area contributed by atoms with Gasteiger partial charge in [-0.2, -0.15) is 0 Å². The standard InChI is InChI=1S/C29H35NO9/c1-28(2)34-17-21(37-28)22-23(24-26(36-22)39-29(3,4)38-24)35-25(31)20(15-18-11-7-5-8-12-18)30-27(32)33-16-19-13-9-6-10-14-19/h5-14,20-24,26H,15-17H2,1-4H3,(H,30,32)/t20-,21-,22-,23+,24-,26-/m1/s1. The number of carbonyl (C=O) groups excluding carboxylic acids is 2. The van der Waals surface area contributed by atoms with E-state index < -0.39 is 60.4 Å². The van der Waals surface area contributed by atoms with Crippen LogP contribution in [0.5, 0.6) is 0 Å². The zero-order valence-electron chi connectivity index (χ0n) is 22.5. The van der Waals surface area contributed by atoms with Gasteiger partial charge in [0.15, 0.2) is 30.1 Å². The number of rotatable bonds is 8. The van der Waals surface area contributed by atoms with E-state index in [0.717, 1.165) is 11.1 Å². The Balaban J connectivity index is 1.31. The van der Waals surface area contributed by atoms with Gasteiger partial charge in [-0.05, 0) is 38.8 Å². The fourth-order valence-electron chi connectivity index (χ4n) is 4.98. The van der Waals surface area contributed by atoms with Crippen LogP contribution in [-0.2, 0) is 51.0 Å². The first kappa shape index (κ1) is 27.5. The highest BCUT2D eigenvalue weighted by Crippen LogP contribution is 2.42. The van der Waals surface area contributed by atoms with Crippen LogP contribution in [0.1, 0.15) is 38.8 Å². The molecule has 0 spiro atoms. The predicted octanol–water partition coefficient (Wildman–Crippen LogP) is 3.46. The van der Waals surface area contributed by atoms with Gasteiger partial charge in [0.25, 0.3) is 0 Å². The molecule has 6 atom stereocenters. The highest BCUT2D eigenvalue weighted by atomic mass is 16.8. The zero-order valence-corrected chi connectivity index (χ0v) is 22.5. The minimum absolute atomic E-state index is 0.0666. The number of ether oxygens (including phenoxy) is 7. The first-order valence-corrected chi connectivity index (χ1v) is 13.1. The predicted molar refractivity (Wildman–Crippen MR) is 137 cm³/mol. The summed E-state index contributed by atoms with van der Waals surface area (Å²) in [6, 6.07) is 17.6. The van der Waals surface area contributed by atoms with E-state index in [1.165, 1.54) is 0 Å². The number of benzene rings is 2. The topological polar surface area (TPSA) is 111 Å². The van der Waals surface area contributed by atoms with Crippen molar-refractivity contribution in [1.29, 1.82) is 0 Å². The lowest BCUT2D eigenvalue weighted by atomic mass is 10.0. The van der Waals surface area contributed by atoms with Crippen LogP contribution in [0.15, 0.2) is 60.7 Å². The second-order valence-corrected chi connectivity index (χ2v) is 10.8. The summed E-state index contributed by atoms with van der Waals surface area (Å²) >= 11 is 0. The van der Waals surface area contributed by atoms with Crippen LogP contribution in [0.4, 0.5) is 4.79 Å². The molecule has 0 unspecified atom stereocenters. The number of esters is 1. The minimum atomic E-state index is -1.03. The second-order valence-electron chi connectivity index (χ2n) is 10.8. The Morgan fingerprint density at radius 3 is 2.21 bits per heavy atom. The van der Waals surface area contributed by atoms with Gasteiger partial charge >= 0.3 is 12.1 Å². The van der Waals surface area contributed by atoms with Gasteiger partial charge in [0.05, 0.1) is 6.61 Å². The third-order valence-corrected chi connectivity index (χ3v) is 6.75. The Labute approximate surface area is 227 Å². The van der Waals surface area contributed by atoms with Crippen molar-refractivity contribution in [3.8, 4) is 0 Å². The van der Waals surface area contributed by atoms with Crippen LogP contribution < -0.4 is 5.32 Å². The SMILES string of the molecule is CC1(C)O[C@H]2O[C@H]([C@H]3COC(C)(C)O3)[C@H](OC(=O)[C@@H](Cc3ccccc3)NC(=O)OCc3ccccc3)[C@H]2O1. The van der Waals surface area contributed by atoms with Gasteiger partial charge in [-0.3, -0.25) is 0 Å². The first-order valence-electron chi connectivity index (χ1n) is 13.1. The van der Waals surface area contributed by atoms with Gasteiger partial charge in [-0.25, -0.2) is 9.59 Å². The van der Waals surface area contributed by atoms with Crippen LogP contribution in [0.25, 0.3) is 0 Å². The Morgan fingerprint density at radius 2 is 1.56 bits per heavy atom. The van der Waals surface area contributed by atoms with Crippen LogP contribution in [0.2, 0.25) is 0 Å². The van der Waals surface area contributed by atoms with Gasteiger partial charge < -0.3 is 38.5 Å². The quantitative estimate of drug-likeness (QED) is 0.502. The Kier molecular flexibility index (Phi) is 7.93. The van der Waals surface area contributed by atoms with E-state index in [0.29, 0.717) is 0 Å². The lowest BCUT2D eigenvalue weighted by Gasteiger charge is -2.30. The van der Waals surface area contributed by atoms with E-state index in [1.54, 1.807) is 27.7 Å². The molecule has 3 heterocycles. The summed E-state index contributed by atoms with van der Waals surface area (Å²) < 4.78 is 41.3. The third-order valence-electron chi connectivity index (χ3n) is 6.75. The third kappa shape index (κ3) is 6.77. The molecule has 3 aliphatic rings. The monoisotopic (exact) mass is 541 g/mol. The molecule has 0 bridgehead atoms. The van der Waals surface area contributed by atoms with E-state index in [4.69, 9.17) is 33.2 Å². The second kappa shape index (κ2) is 11.2. The van der Waals surface area contributed by atoms with E-state index in [1.807, 2.05) is 60.7 Å². The molecular formula is C29H35NO9. The summed E-state index contributed by atoms with van der Waals surface area (Å²) in [5, 5.41) is 2.68. The van der Waals surface area contributed by atoms with Crippen molar-refractivity contribution >= 4 is 12.1 Å². The van der Waals surface area contributed by atoms with Gasteiger partial charge in [-0.15, -0.1) is 0 Å². The molecule has 1 N–H and O–H groups in total. The normalized spacial score (nSPS) is 29.4. The molecule has 3 saturated heterocycles. The molecule has 0 aliphatic carbocycles. The molecule has 3 aliphatic heterocycles. The van der Waals surface area contributed by atoms with Crippen LogP contribution in [0.3, 0.4) is 0 Å². The molecule has 210 valence electrons. The highest BCUT2D eigenvalue weighted by Gasteiger charge is 2.60. The van der Waals surface area contributed by atoms with Gasteiger partial charge in [0, 0.05) is 6.42 Å². The lowest BCUT2D eigenvalue weighted by molar-refractivity contribution is -0.235. The number of amides is 1. The fourth-order valence-corrected chi connectivity index (χ4v) is 4.98. The molecule has 10 nitrogen and oxygen atoms in total. The lowest BCUT2D eigenvalue weighted by Crippen LogP contribution is -2.50. The molecular weight excluding hydrogens is 506 g/mol. The molecule has 2 aromatic carbocycles. The van der Waals surface area contributed by atoms with E-state index >= 15 is 0 Å². The summed E-state index contributed by atoms with van der Waals surface area (Å²) in [5.41, 5.74) is 1.67. The largest absolute Gasteiger partial charge is 0.455 e. The van der Waals surface area contributed by atoms with Crippen molar-refractivity contribution in [2.75, 3.05) is 6.61 Å².